The summed E-state index contributed by atoms with van der Waals surface area (Å²) in [5.41, 5.74) is 2.43. The van der Waals surface area contributed by atoms with Crippen molar-refractivity contribution in [3.63, 3.8) is 0 Å². The second-order valence-electron chi connectivity index (χ2n) is 7.54. The van der Waals surface area contributed by atoms with Gasteiger partial charge in [-0.25, -0.2) is 0 Å². The highest BCUT2D eigenvalue weighted by Gasteiger charge is 2.35. The van der Waals surface area contributed by atoms with E-state index in [1.54, 1.807) is 24.3 Å². The van der Waals surface area contributed by atoms with Gasteiger partial charge in [-0.2, -0.15) is 0 Å². The number of ether oxygens (including phenoxy) is 2. The minimum atomic E-state index is -0.351. The van der Waals surface area contributed by atoms with Crippen LogP contribution in [0.15, 0.2) is 65.6 Å². The lowest BCUT2D eigenvalue weighted by Gasteiger charge is -2.15. The predicted octanol–water partition coefficient (Wildman–Crippen LogP) is 7.81. The van der Waals surface area contributed by atoms with E-state index in [4.69, 9.17) is 32.7 Å². The Labute approximate surface area is 231 Å². The minimum absolute atomic E-state index is 0.126. The van der Waals surface area contributed by atoms with E-state index in [1.165, 1.54) is 4.90 Å². The van der Waals surface area contributed by atoms with Crippen molar-refractivity contribution in [3.05, 3.63) is 95.9 Å². The monoisotopic (exact) mass is 639 g/mol. The molecule has 35 heavy (non-hydrogen) atoms. The van der Waals surface area contributed by atoms with E-state index in [2.05, 4.69) is 22.6 Å². The van der Waals surface area contributed by atoms with E-state index in [9.17, 15) is 9.59 Å². The number of amides is 2. The second kappa shape index (κ2) is 11.7. The summed E-state index contributed by atoms with van der Waals surface area (Å²) in [7, 11) is 0. The van der Waals surface area contributed by atoms with E-state index < -0.39 is 0 Å². The van der Waals surface area contributed by atoms with Crippen molar-refractivity contribution in [2.45, 2.75) is 20.1 Å². The minimum Gasteiger partial charge on any atom is -0.490 e. The zero-order valence-corrected chi connectivity index (χ0v) is 23.1. The summed E-state index contributed by atoms with van der Waals surface area (Å²) in [4.78, 5) is 27.1. The molecule has 5 nitrogen and oxygen atoms in total. The summed E-state index contributed by atoms with van der Waals surface area (Å²) >= 11 is 15.3. The quantitative estimate of drug-likeness (QED) is 0.186. The Kier molecular flexibility index (Phi) is 8.64. The average molecular weight is 640 g/mol. The normalized spacial score (nSPS) is 14.6. The van der Waals surface area contributed by atoms with Crippen LogP contribution in [-0.2, 0) is 17.9 Å². The average Bonchev–Trinajstić information content (AvgIpc) is 3.08. The number of hydrogen-bond donors (Lipinski definition) is 0. The first-order valence-corrected chi connectivity index (χ1v) is 13.3. The fourth-order valence-corrected chi connectivity index (χ4v) is 5.34. The topological polar surface area (TPSA) is 55.8 Å². The molecule has 1 aliphatic heterocycles. The lowest BCUT2D eigenvalue weighted by molar-refractivity contribution is -0.123. The van der Waals surface area contributed by atoms with E-state index >= 15 is 0 Å². The van der Waals surface area contributed by atoms with Gasteiger partial charge in [-0.05, 0) is 94.4 Å². The maximum absolute atomic E-state index is 13.0. The van der Waals surface area contributed by atoms with Gasteiger partial charge in [0.1, 0.15) is 6.61 Å². The number of hydrogen-bond acceptors (Lipinski definition) is 5. The predicted molar refractivity (Wildman–Crippen MR) is 149 cm³/mol. The summed E-state index contributed by atoms with van der Waals surface area (Å²) in [5, 5.41) is 0.850. The highest BCUT2D eigenvalue weighted by molar-refractivity contribution is 14.1. The Hall–Kier alpha value is -2.20. The second-order valence-corrected chi connectivity index (χ2v) is 10.5. The Morgan fingerprint density at radius 3 is 2.49 bits per heavy atom. The van der Waals surface area contributed by atoms with Crippen molar-refractivity contribution in [1.29, 1.82) is 0 Å². The van der Waals surface area contributed by atoms with Crippen molar-refractivity contribution in [3.8, 4) is 11.5 Å². The highest BCUT2D eigenvalue weighted by Crippen LogP contribution is 2.38. The van der Waals surface area contributed by atoms with Crippen LogP contribution in [0.25, 0.3) is 6.08 Å². The SMILES string of the molecule is CCOc1cc(/C=C2/SC(=O)N(Cc3ccccc3Cl)C2=O)cc(I)c1OCc1ccc(Cl)cc1. The summed E-state index contributed by atoms with van der Waals surface area (Å²) in [6.45, 7) is 2.82. The Bertz CT molecular complexity index is 1300. The maximum atomic E-state index is 13.0. The molecule has 0 unspecified atom stereocenters. The molecule has 1 aliphatic rings. The third-order valence-electron chi connectivity index (χ3n) is 5.09. The van der Waals surface area contributed by atoms with Gasteiger partial charge in [-0.15, -0.1) is 0 Å². The molecule has 3 aromatic carbocycles. The van der Waals surface area contributed by atoms with E-state index in [0.29, 0.717) is 45.2 Å². The fourth-order valence-electron chi connectivity index (χ4n) is 3.40. The van der Waals surface area contributed by atoms with Gasteiger partial charge in [0.2, 0.25) is 0 Å². The van der Waals surface area contributed by atoms with E-state index in [0.717, 1.165) is 26.5 Å². The number of carbonyl (C=O) groups excluding carboxylic acids is 2. The van der Waals surface area contributed by atoms with Gasteiger partial charge in [0.25, 0.3) is 11.1 Å². The first-order valence-electron chi connectivity index (χ1n) is 10.7. The molecule has 1 heterocycles. The van der Waals surface area contributed by atoms with Gasteiger partial charge in [0.15, 0.2) is 11.5 Å². The van der Waals surface area contributed by atoms with Gasteiger partial charge in [-0.3, -0.25) is 14.5 Å². The van der Waals surface area contributed by atoms with Gasteiger partial charge in [-0.1, -0.05) is 53.5 Å². The molecule has 4 rings (SSSR count). The summed E-state index contributed by atoms with van der Waals surface area (Å²) in [6, 6.07) is 18.3. The molecule has 0 N–H and O–H groups in total. The third kappa shape index (κ3) is 6.33. The van der Waals surface area contributed by atoms with Gasteiger partial charge in [0, 0.05) is 10.0 Å². The lowest BCUT2D eigenvalue weighted by Crippen LogP contribution is -2.27. The van der Waals surface area contributed by atoms with Crippen LogP contribution >= 0.6 is 57.6 Å². The summed E-state index contributed by atoms with van der Waals surface area (Å²) in [5.74, 6) is 0.831. The van der Waals surface area contributed by atoms with Crippen LogP contribution in [0.1, 0.15) is 23.6 Å². The number of nitrogens with zero attached hydrogens (tertiary/aromatic N) is 1. The summed E-state index contributed by atoms with van der Waals surface area (Å²) < 4.78 is 12.7. The smallest absolute Gasteiger partial charge is 0.293 e. The molecule has 0 atom stereocenters. The Morgan fingerprint density at radius 1 is 1.03 bits per heavy atom. The molecule has 0 spiro atoms. The van der Waals surface area contributed by atoms with Crippen molar-refractivity contribution in [1.82, 2.24) is 4.90 Å². The first kappa shape index (κ1) is 25.9. The molecule has 0 radical (unpaired) electrons. The van der Waals surface area contributed by atoms with Crippen LogP contribution in [-0.4, -0.2) is 22.7 Å². The zero-order valence-electron chi connectivity index (χ0n) is 18.6. The van der Waals surface area contributed by atoms with Crippen LogP contribution in [0, 0.1) is 3.57 Å². The molecule has 1 fully saturated rings. The number of carbonyl (C=O) groups is 2. The molecule has 0 bridgehead atoms. The van der Waals surface area contributed by atoms with Gasteiger partial charge in [0.05, 0.1) is 21.6 Å². The summed E-state index contributed by atoms with van der Waals surface area (Å²) in [6.07, 6.45) is 1.70. The molecule has 0 aliphatic carbocycles. The molecule has 0 aromatic heterocycles. The van der Waals surface area contributed by atoms with Gasteiger partial charge >= 0.3 is 0 Å². The number of thioether (sulfide) groups is 1. The van der Waals surface area contributed by atoms with Crippen molar-refractivity contribution >= 4 is 74.8 Å². The molecule has 9 heteroatoms. The molecule has 2 amide bonds. The van der Waals surface area contributed by atoms with Crippen LogP contribution in [0.2, 0.25) is 10.0 Å². The number of halogens is 3. The standard InChI is InChI=1S/C26H20Cl2INO4S/c1-2-33-22-12-17(11-21(29)24(22)34-15-16-7-9-19(27)10-8-16)13-23-25(31)30(26(32)35-23)14-18-5-3-4-6-20(18)28/h3-13H,2,14-15H2,1H3/b23-13+. The van der Waals surface area contributed by atoms with E-state index in [1.807, 2.05) is 49.4 Å². The largest absolute Gasteiger partial charge is 0.490 e. The Balaban J connectivity index is 1.55. The van der Waals surface area contributed by atoms with Crippen LogP contribution in [0.5, 0.6) is 11.5 Å². The van der Waals surface area contributed by atoms with E-state index in [-0.39, 0.29) is 17.7 Å². The highest BCUT2D eigenvalue weighted by atomic mass is 127. The molecule has 3 aromatic rings. The molecular weight excluding hydrogens is 620 g/mol. The molecular formula is C26H20Cl2INO4S. The van der Waals surface area contributed by atoms with Crippen molar-refractivity contribution < 1.29 is 19.1 Å². The Morgan fingerprint density at radius 2 is 1.77 bits per heavy atom. The molecule has 1 saturated heterocycles. The van der Waals surface area contributed by atoms with Crippen molar-refractivity contribution in [2.75, 3.05) is 6.61 Å². The first-order chi connectivity index (χ1) is 16.9. The lowest BCUT2D eigenvalue weighted by atomic mass is 10.1. The zero-order chi connectivity index (χ0) is 24.9. The molecule has 180 valence electrons. The third-order valence-corrected chi connectivity index (χ3v) is 7.42. The maximum Gasteiger partial charge on any atom is 0.293 e. The number of rotatable bonds is 8. The van der Waals surface area contributed by atoms with Crippen molar-refractivity contribution in [2.24, 2.45) is 0 Å². The number of imide groups is 1. The van der Waals surface area contributed by atoms with Crippen LogP contribution < -0.4 is 9.47 Å². The fraction of sp³-hybridized carbons (Fsp3) is 0.154. The number of benzene rings is 3. The van der Waals surface area contributed by atoms with Crippen LogP contribution in [0.3, 0.4) is 0 Å². The van der Waals surface area contributed by atoms with Gasteiger partial charge < -0.3 is 9.47 Å². The van der Waals surface area contributed by atoms with Crippen LogP contribution in [0.4, 0.5) is 4.79 Å². The molecule has 0 saturated carbocycles.